The van der Waals surface area contributed by atoms with Gasteiger partial charge in [0.25, 0.3) is 0 Å². The van der Waals surface area contributed by atoms with Gasteiger partial charge in [0.1, 0.15) is 5.83 Å². The lowest BCUT2D eigenvalue weighted by atomic mass is 10.5. The number of rotatable bonds is 1. The summed E-state index contributed by atoms with van der Waals surface area (Å²) in [7, 11) is 0. The van der Waals surface area contributed by atoms with Crippen molar-refractivity contribution < 1.29 is 4.39 Å². The third-order valence-corrected chi connectivity index (χ3v) is 0.667. The fourth-order valence-electron chi connectivity index (χ4n) is 0.216. The molecule has 0 unspecified atom stereocenters. The minimum Gasteiger partial charge on any atom is -0.208 e. The first kappa shape index (κ1) is 7.14. The van der Waals surface area contributed by atoms with Crippen LogP contribution in [-0.2, 0) is 0 Å². The molecule has 2 heteroatoms. The zero-order valence-corrected chi connectivity index (χ0v) is 6.20. The van der Waals surface area contributed by atoms with Crippen molar-refractivity contribution in [2.75, 3.05) is 0 Å². The Kier molecular flexibility index (Phi) is 3.25. The van der Waals surface area contributed by atoms with Crippen LogP contribution in [0.25, 0.3) is 0 Å². The first-order chi connectivity index (χ1) is 3.13. The zero-order valence-electron chi connectivity index (χ0n) is 4.04. The van der Waals surface area contributed by atoms with Gasteiger partial charge in [-0.3, -0.25) is 0 Å². The fraction of sp³-hybridized carbons (Fsp3) is 0.200. The first-order valence-electron chi connectivity index (χ1n) is 1.81. The molecule has 0 aliphatic carbocycles. The van der Waals surface area contributed by atoms with E-state index < -0.39 is 0 Å². The van der Waals surface area contributed by atoms with Gasteiger partial charge in [-0.2, -0.15) is 0 Å². The average molecular weight is 212 g/mol. The van der Waals surface area contributed by atoms with Gasteiger partial charge >= 0.3 is 0 Å². The van der Waals surface area contributed by atoms with Crippen LogP contribution in [0.3, 0.4) is 0 Å². The second-order valence-corrected chi connectivity index (χ2v) is 2.88. The van der Waals surface area contributed by atoms with Crippen molar-refractivity contribution in [3.05, 3.63) is 22.1 Å². The standard InChI is InChI=1S/C5H6FI/c1-4(6)3-5(2)7/h3H,1H2,2H3/b5-3+. The summed E-state index contributed by atoms with van der Waals surface area (Å²) in [5, 5.41) is 0. The Morgan fingerprint density at radius 2 is 2.29 bits per heavy atom. The van der Waals surface area contributed by atoms with Crippen molar-refractivity contribution in [3.63, 3.8) is 0 Å². The van der Waals surface area contributed by atoms with Crippen LogP contribution in [0.15, 0.2) is 22.1 Å². The fourth-order valence-corrected chi connectivity index (χ4v) is 0.554. The van der Waals surface area contributed by atoms with E-state index in [1.54, 1.807) is 0 Å². The average Bonchev–Trinajstić information content (AvgIpc) is 1.27. The molecule has 7 heavy (non-hydrogen) atoms. The lowest BCUT2D eigenvalue weighted by molar-refractivity contribution is 0.671. The third kappa shape index (κ3) is 6.14. The van der Waals surface area contributed by atoms with Crippen molar-refractivity contribution in [1.82, 2.24) is 0 Å². The van der Waals surface area contributed by atoms with E-state index in [1.165, 1.54) is 6.08 Å². The molecule has 0 aliphatic heterocycles. The molecule has 0 bridgehead atoms. The maximum atomic E-state index is 11.7. The van der Waals surface area contributed by atoms with Gasteiger partial charge in [0.05, 0.1) is 0 Å². The molecule has 0 aromatic rings. The minimum atomic E-state index is -0.382. The highest BCUT2D eigenvalue weighted by Gasteiger charge is 1.79. The Bertz CT molecular complexity index is 101. The Morgan fingerprint density at radius 3 is 2.29 bits per heavy atom. The molecule has 0 saturated heterocycles. The summed E-state index contributed by atoms with van der Waals surface area (Å²) in [4.78, 5) is 0. The van der Waals surface area contributed by atoms with E-state index in [9.17, 15) is 4.39 Å². The van der Waals surface area contributed by atoms with Crippen LogP contribution in [0, 0.1) is 0 Å². The van der Waals surface area contributed by atoms with Crippen molar-refractivity contribution in [2.24, 2.45) is 0 Å². The summed E-state index contributed by atoms with van der Waals surface area (Å²) < 4.78 is 12.6. The summed E-state index contributed by atoms with van der Waals surface area (Å²) in [6.07, 6.45) is 1.38. The zero-order chi connectivity index (χ0) is 5.86. The minimum absolute atomic E-state index is 0.382. The Hall–Kier alpha value is 0.140. The SMILES string of the molecule is C=C(F)/C=C(\C)I. The lowest BCUT2D eigenvalue weighted by Gasteiger charge is -1.80. The van der Waals surface area contributed by atoms with E-state index in [0.717, 1.165) is 3.58 Å². The molecule has 0 aromatic carbocycles. The van der Waals surface area contributed by atoms with E-state index in [2.05, 4.69) is 6.58 Å². The molecular formula is C5H6FI. The van der Waals surface area contributed by atoms with Gasteiger partial charge in [0.15, 0.2) is 0 Å². The summed E-state index contributed by atoms with van der Waals surface area (Å²) in [6.45, 7) is 4.86. The maximum absolute atomic E-state index is 11.7. The van der Waals surface area contributed by atoms with Crippen molar-refractivity contribution in [1.29, 1.82) is 0 Å². The largest absolute Gasteiger partial charge is 0.208 e. The molecule has 0 saturated carbocycles. The smallest absolute Gasteiger partial charge is 0.116 e. The van der Waals surface area contributed by atoms with E-state index in [4.69, 9.17) is 0 Å². The van der Waals surface area contributed by atoms with E-state index in [0.29, 0.717) is 0 Å². The highest BCUT2D eigenvalue weighted by molar-refractivity contribution is 14.1. The highest BCUT2D eigenvalue weighted by atomic mass is 127. The summed E-state index contributed by atoms with van der Waals surface area (Å²) in [5.74, 6) is -0.382. The Labute approximate surface area is 56.2 Å². The van der Waals surface area contributed by atoms with E-state index in [-0.39, 0.29) is 5.83 Å². The molecule has 0 N–H and O–H groups in total. The van der Waals surface area contributed by atoms with Crippen LogP contribution in [0.5, 0.6) is 0 Å². The van der Waals surface area contributed by atoms with Crippen LogP contribution in [0.1, 0.15) is 6.92 Å². The molecular weight excluding hydrogens is 206 g/mol. The van der Waals surface area contributed by atoms with Crippen LogP contribution in [0.2, 0.25) is 0 Å². The molecule has 0 heterocycles. The van der Waals surface area contributed by atoms with Crippen molar-refractivity contribution >= 4 is 22.6 Å². The second kappa shape index (κ2) is 3.18. The molecule has 0 atom stereocenters. The van der Waals surface area contributed by atoms with Gasteiger partial charge in [-0.1, -0.05) is 6.58 Å². The molecule has 0 nitrogen and oxygen atoms in total. The highest BCUT2D eigenvalue weighted by Crippen LogP contribution is 2.06. The van der Waals surface area contributed by atoms with Crippen molar-refractivity contribution in [3.8, 4) is 0 Å². The number of allylic oxidation sites excluding steroid dienone is 3. The van der Waals surface area contributed by atoms with Crippen LogP contribution >= 0.6 is 22.6 Å². The quantitative estimate of drug-likeness (QED) is 0.463. The van der Waals surface area contributed by atoms with Crippen LogP contribution in [0.4, 0.5) is 4.39 Å². The summed E-state index contributed by atoms with van der Waals surface area (Å²) >= 11 is 2.02. The van der Waals surface area contributed by atoms with Gasteiger partial charge in [-0.25, -0.2) is 4.39 Å². The third-order valence-electron chi connectivity index (χ3n) is 0.356. The normalized spacial score (nSPS) is 11.6. The predicted molar refractivity (Wildman–Crippen MR) is 38.0 cm³/mol. The topological polar surface area (TPSA) is 0 Å². The van der Waals surface area contributed by atoms with E-state index >= 15 is 0 Å². The lowest BCUT2D eigenvalue weighted by Crippen LogP contribution is -1.58. The summed E-state index contributed by atoms with van der Waals surface area (Å²) in [6, 6.07) is 0. The Balaban J connectivity index is 3.68. The predicted octanol–water partition coefficient (Wildman–Crippen LogP) is 2.81. The number of hydrogen-bond acceptors (Lipinski definition) is 0. The summed E-state index contributed by atoms with van der Waals surface area (Å²) in [5.41, 5.74) is 0. The van der Waals surface area contributed by atoms with Gasteiger partial charge < -0.3 is 0 Å². The molecule has 40 valence electrons. The molecule has 0 fully saturated rings. The first-order valence-corrected chi connectivity index (χ1v) is 2.89. The second-order valence-electron chi connectivity index (χ2n) is 1.18. The molecule has 0 aliphatic rings. The van der Waals surface area contributed by atoms with Gasteiger partial charge in [0.2, 0.25) is 0 Å². The van der Waals surface area contributed by atoms with Crippen LogP contribution in [-0.4, -0.2) is 0 Å². The molecule has 0 radical (unpaired) electrons. The van der Waals surface area contributed by atoms with Crippen molar-refractivity contribution in [2.45, 2.75) is 6.92 Å². The molecule has 0 amide bonds. The number of halogens is 2. The van der Waals surface area contributed by atoms with E-state index in [1.807, 2.05) is 29.5 Å². The van der Waals surface area contributed by atoms with Gasteiger partial charge in [-0.15, -0.1) is 0 Å². The molecule has 0 rings (SSSR count). The van der Waals surface area contributed by atoms with Gasteiger partial charge in [0, 0.05) is 0 Å². The van der Waals surface area contributed by atoms with Crippen LogP contribution < -0.4 is 0 Å². The molecule has 0 aromatic heterocycles. The maximum Gasteiger partial charge on any atom is 0.116 e. The monoisotopic (exact) mass is 212 g/mol. The van der Waals surface area contributed by atoms with Gasteiger partial charge in [-0.05, 0) is 39.2 Å². The number of hydrogen-bond donors (Lipinski definition) is 0. The Morgan fingerprint density at radius 1 is 1.86 bits per heavy atom. The molecule has 0 spiro atoms.